The Kier molecular flexibility index (Phi) is 5.51. The van der Waals surface area contributed by atoms with Crippen LogP contribution in [0.4, 0.5) is 15.2 Å². The normalized spacial score (nSPS) is 16.9. The highest BCUT2D eigenvalue weighted by atomic mass is 35.5. The lowest BCUT2D eigenvalue weighted by Crippen LogP contribution is -2.34. The van der Waals surface area contributed by atoms with Gasteiger partial charge in [0.2, 0.25) is 5.91 Å². The summed E-state index contributed by atoms with van der Waals surface area (Å²) in [6.07, 6.45) is 3.58. The van der Waals surface area contributed by atoms with Crippen molar-refractivity contribution < 1.29 is 9.18 Å². The summed E-state index contributed by atoms with van der Waals surface area (Å²) < 4.78 is 15.5. The van der Waals surface area contributed by atoms with Gasteiger partial charge in [0.1, 0.15) is 23.4 Å². The highest BCUT2D eigenvalue weighted by molar-refractivity contribution is 7.22. The lowest BCUT2D eigenvalue weighted by Gasteiger charge is -2.30. The van der Waals surface area contributed by atoms with Crippen molar-refractivity contribution in [2.24, 2.45) is 5.92 Å². The molecule has 0 bridgehead atoms. The summed E-state index contributed by atoms with van der Waals surface area (Å²) in [5, 5.41) is 3.45. The summed E-state index contributed by atoms with van der Waals surface area (Å²) >= 11 is 7.01. The molecule has 10 heteroatoms. The molecule has 152 valence electrons. The van der Waals surface area contributed by atoms with Crippen LogP contribution in [0.1, 0.15) is 19.8 Å². The van der Waals surface area contributed by atoms with E-state index in [2.05, 4.69) is 27.1 Å². The van der Waals surface area contributed by atoms with Gasteiger partial charge in [-0.15, -0.1) is 0 Å². The first-order valence-electron chi connectivity index (χ1n) is 9.26. The second kappa shape index (κ2) is 8.08. The van der Waals surface area contributed by atoms with Crippen LogP contribution in [0.2, 0.25) is 5.02 Å². The third-order valence-corrected chi connectivity index (χ3v) is 6.15. The number of hydrogen-bond donors (Lipinski definition) is 1. The summed E-state index contributed by atoms with van der Waals surface area (Å²) in [6, 6.07) is 3.95. The second-order valence-electron chi connectivity index (χ2n) is 7.19. The summed E-state index contributed by atoms with van der Waals surface area (Å²) in [5.41, 5.74) is 0.0462. The van der Waals surface area contributed by atoms with Gasteiger partial charge in [0.25, 0.3) is 5.56 Å². The van der Waals surface area contributed by atoms with E-state index in [9.17, 15) is 14.0 Å². The zero-order chi connectivity index (χ0) is 20.5. The number of hydrogen-bond acceptors (Lipinski definition) is 6. The molecule has 3 aromatic rings. The molecule has 2 aromatic heterocycles. The number of anilines is 2. The number of benzene rings is 1. The van der Waals surface area contributed by atoms with Crippen molar-refractivity contribution in [3.8, 4) is 0 Å². The molecule has 0 aliphatic carbocycles. The molecule has 1 atom stereocenters. The molecule has 1 aromatic carbocycles. The van der Waals surface area contributed by atoms with E-state index in [4.69, 9.17) is 11.6 Å². The molecule has 3 heterocycles. The number of rotatable bonds is 4. The van der Waals surface area contributed by atoms with Gasteiger partial charge in [-0.05, 0) is 37.0 Å². The number of nitrogens with one attached hydrogen (secondary N) is 1. The lowest BCUT2D eigenvalue weighted by atomic mass is 10.0. The molecule has 4 rings (SSSR count). The third-order valence-electron chi connectivity index (χ3n) is 4.82. The van der Waals surface area contributed by atoms with E-state index in [-0.39, 0.29) is 22.8 Å². The van der Waals surface area contributed by atoms with Crippen molar-refractivity contribution in [3.63, 3.8) is 0 Å². The molecule has 0 unspecified atom stereocenters. The Morgan fingerprint density at radius 1 is 1.45 bits per heavy atom. The number of carbonyl (C=O) groups is 1. The fourth-order valence-corrected chi connectivity index (χ4v) is 4.54. The Morgan fingerprint density at radius 3 is 3.03 bits per heavy atom. The van der Waals surface area contributed by atoms with E-state index in [0.717, 1.165) is 30.7 Å². The lowest BCUT2D eigenvalue weighted by molar-refractivity contribution is -0.116. The molecule has 0 spiro atoms. The fraction of sp³-hybridized carbons (Fsp3) is 0.368. The van der Waals surface area contributed by atoms with Crippen molar-refractivity contribution in [2.45, 2.75) is 26.3 Å². The maximum Gasteiger partial charge on any atom is 0.273 e. The first-order valence-corrected chi connectivity index (χ1v) is 10.5. The van der Waals surface area contributed by atoms with Crippen LogP contribution in [0.3, 0.4) is 0 Å². The van der Waals surface area contributed by atoms with Gasteiger partial charge in [-0.2, -0.15) is 4.98 Å². The molecule has 29 heavy (non-hydrogen) atoms. The van der Waals surface area contributed by atoms with Crippen LogP contribution >= 0.6 is 22.9 Å². The van der Waals surface area contributed by atoms with Gasteiger partial charge in [0.05, 0.1) is 5.69 Å². The number of thiazole rings is 1. The number of amides is 1. The van der Waals surface area contributed by atoms with Crippen molar-refractivity contribution in [1.29, 1.82) is 0 Å². The molecule has 1 aliphatic heterocycles. The van der Waals surface area contributed by atoms with Crippen LogP contribution in [0.25, 0.3) is 10.3 Å². The SMILES string of the molecule is C[C@@H]1CCCN(c2nc3ncn(CC(=O)Nc4ccc(Cl)cc4F)c(=O)c3s2)C1. The minimum Gasteiger partial charge on any atom is -0.348 e. The average Bonchev–Trinajstić information content (AvgIpc) is 3.12. The van der Waals surface area contributed by atoms with E-state index >= 15 is 0 Å². The van der Waals surface area contributed by atoms with Gasteiger partial charge >= 0.3 is 0 Å². The highest BCUT2D eigenvalue weighted by Gasteiger charge is 2.21. The Labute approximate surface area is 175 Å². The van der Waals surface area contributed by atoms with Crippen LogP contribution in [-0.4, -0.2) is 33.5 Å². The molecule has 7 nitrogen and oxygen atoms in total. The first kappa shape index (κ1) is 19.8. The van der Waals surface area contributed by atoms with Crippen LogP contribution in [-0.2, 0) is 11.3 Å². The standard InChI is InChI=1S/C19H19ClFN5O2S/c1-11-3-2-6-25(8-11)19-24-17-16(29-19)18(28)26(10-22-17)9-15(27)23-14-5-4-12(20)7-13(14)21/h4-5,7,10-11H,2-3,6,8-9H2,1H3,(H,23,27)/t11-/m1/s1. The molecular formula is C19H19ClFN5O2S. The van der Waals surface area contributed by atoms with Gasteiger partial charge in [-0.25, -0.2) is 9.37 Å². The number of piperidine rings is 1. The molecule has 1 amide bonds. The zero-order valence-electron chi connectivity index (χ0n) is 15.7. The predicted octanol–water partition coefficient (Wildman–Crippen LogP) is 3.52. The van der Waals surface area contributed by atoms with Crippen LogP contribution in [0, 0.1) is 11.7 Å². The molecule has 1 aliphatic rings. The van der Waals surface area contributed by atoms with E-state index in [1.807, 2.05) is 0 Å². The quantitative estimate of drug-likeness (QED) is 0.678. The van der Waals surface area contributed by atoms with Crippen molar-refractivity contribution >= 4 is 50.0 Å². The van der Waals surface area contributed by atoms with Gasteiger partial charge < -0.3 is 10.2 Å². The van der Waals surface area contributed by atoms with Gasteiger partial charge in [-0.1, -0.05) is 29.9 Å². The van der Waals surface area contributed by atoms with E-state index in [1.54, 1.807) is 0 Å². The van der Waals surface area contributed by atoms with Crippen LogP contribution in [0.5, 0.6) is 0 Å². The fourth-order valence-electron chi connectivity index (χ4n) is 3.38. The van der Waals surface area contributed by atoms with Gasteiger partial charge in [0, 0.05) is 18.1 Å². The summed E-state index contributed by atoms with van der Waals surface area (Å²) in [7, 11) is 0. The molecule has 0 radical (unpaired) electrons. The van der Waals surface area contributed by atoms with Crippen molar-refractivity contribution in [1.82, 2.24) is 14.5 Å². The van der Waals surface area contributed by atoms with Crippen molar-refractivity contribution in [3.05, 3.63) is 45.7 Å². The monoisotopic (exact) mass is 435 g/mol. The van der Waals surface area contributed by atoms with E-state index in [0.29, 0.717) is 16.3 Å². The van der Waals surface area contributed by atoms with Crippen molar-refractivity contribution in [2.75, 3.05) is 23.3 Å². The highest BCUT2D eigenvalue weighted by Crippen LogP contribution is 2.29. The minimum absolute atomic E-state index is 0.000723. The topological polar surface area (TPSA) is 80.1 Å². The summed E-state index contributed by atoms with van der Waals surface area (Å²) in [4.78, 5) is 36.0. The molecular weight excluding hydrogens is 417 g/mol. The average molecular weight is 436 g/mol. The van der Waals surface area contributed by atoms with E-state index < -0.39 is 11.7 Å². The van der Waals surface area contributed by atoms with Crippen LogP contribution < -0.4 is 15.8 Å². The van der Waals surface area contributed by atoms with Gasteiger partial charge in [-0.3, -0.25) is 14.2 Å². The Morgan fingerprint density at radius 2 is 2.28 bits per heavy atom. The van der Waals surface area contributed by atoms with E-state index in [1.165, 1.54) is 40.8 Å². The second-order valence-corrected chi connectivity index (χ2v) is 8.61. The number of carbonyl (C=O) groups excluding carboxylic acids is 1. The molecule has 1 fully saturated rings. The Bertz CT molecular complexity index is 1130. The number of nitrogens with zero attached hydrogens (tertiary/aromatic N) is 4. The molecule has 0 saturated carbocycles. The van der Waals surface area contributed by atoms with Crippen LogP contribution in [0.15, 0.2) is 29.3 Å². The largest absolute Gasteiger partial charge is 0.348 e. The Hall–Kier alpha value is -2.52. The molecule has 1 N–H and O–H groups in total. The van der Waals surface area contributed by atoms with Gasteiger partial charge in [0.15, 0.2) is 10.8 Å². The Balaban J connectivity index is 1.54. The number of halogens is 2. The smallest absolute Gasteiger partial charge is 0.273 e. The maximum absolute atomic E-state index is 13.9. The first-order chi connectivity index (χ1) is 13.9. The maximum atomic E-state index is 13.9. The predicted molar refractivity (Wildman–Crippen MR) is 112 cm³/mol. The number of fused-ring (bicyclic) bond motifs is 1. The minimum atomic E-state index is -0.644. The zero-order valence-corrected chi connectivity index (χ0v) is 17.3. The summed E-state index contributed by atoms with van der Waals surface area (Å²) in [6.45, 7) is 3.74. The number of aromatic nitrogens is 3. The molecule has 1 saturated heterocycles. The summed E-state index contributed by atoms with van der Waals surface area (Å²) in [5.74, 6) is -0.601. The third kappa shape index (κ3) is 4.25.